The van der Waals surface area contributed by atoms with Gasteiger partial charge in [-0.05, 0) is 63.3 Å². The van der Waals surface area contributed by atoms with Gasteiger partial charge in [0.15, 0.2) is 6.61 Å². The van der Waals surface area contributed by atoms with E-state index in [-0.39, 0.29) is 25.0 Å². The molecule has 0 aliphatic heterocycles. The molecule has 0 aliphatic rings. The highest BCUT2D eigenvalue weighted by Crippen LogP contribution is 2.26. The molecule has 0 spiro atoms. The number of hydrogen-bond acceptors (Lipinski definition) is 3. The molecule has 0 unspecified atom stereocenters. The summed E-state index contributed by atoms with van der Waals surface area (Å²) >= 11 is 9.69. The number of ether oxygens (including phenoxy) is 1. The second-order valence-corrected chi connectivity index (χ2v) is 9.17. The van der Waals surface area contributed by atoms with Gasteiger partial charge in [-0.1, -0.05) is 67.1 Å². The number of nitrogens with one attached hydrogen (secondary N) is 1. The highest BCUT2D eigenvalue weighted by atomic mass is 79.9. The number of halogens is 2. The Bertz CT molecular complexity index is 1120. The fraction of sp³-hybridized carbons (Fsp3) is 0.259. The van der Waals surface area contributed by atoms with Crippen molar-refractivity contribution in [3.63, 3.8) is 0 Å². The van der Waals surface area contributed by atoms with Crippen LogP contribution in [0.15, 0.2) is 77.3 Å². The molecular formula is C27H28BrClN2O3. The number of carbonyl (C=O) groups is 2. The van der Waals surface area contributed by atoms with Crippen molar-refractivity contribution in [2.45, 2.75) is 32.4 Å². The summed E-state index contributed by atoms with van der Waals surface area (Å²) in [5.41, 5.74) is 2.95. The number of aryl methyl sites for hydroxylation is 1. The van der Waals surface area contributed by atoms with Gasteiger partial charge in [-0.3, -0.25) is 9.59 Å². The zero-order valence-electron chi connectivity index (χ0n) is 19.3. The van der Waals surface area contributed by atoms with Crippen molar-refractivity contribution in [3.8, 4) is 5.75 Å². The zero-order valence-corrected chi connectivity index (χ0v) is 21.6. The molecule has 1 N–H and O–H groups in total. The predicted molar refractivity (Wildman–Crippen MR) is 139 cm³/mol. The fourth-order valence-electron chi connectivity index (χ4n) is 3.66. The van der Waals surface area contributed by atoms with Crippen molar-refractivity contribution < 1.29 is 14.3 Å². The number of hydrogen-bond donors (Lipinski definition) is 1. The van der Waals surface area contributed by atoms with Gasteiger partial charge in [0.2, 0.25) is 5.91 Å². The molecule has 34 heavy (non-hydrogen) atoms. The molecule has 178 valence electrons. The maximum absolute atomic E-state index is 13.5. The first kappa shape index (κ1) is 25.8. The van der Waals surface area contributed by atoms with Gasteiger partial charge in [-0.15, -0.1) is 0 Å². The first-order chi connectivity index (χ1) is 16.4. The summed E-state index contributed by atoms with van der Waals surface area (Å²) in [4.78, 5) is 28.0. The smallest absolute Gasteiger partial charge is 0.261 e. The molecule has 1 atom stereocenters. The molecule has 0 radical (unpaired) electrons. The van der Waals surface area contributed by atoms with E-state index in [4.69, 9.17) is 16.3 Å². The summed E-state index contributed by atoms with van der Waals surface area (Å²) in [7, 11) is 1.57. The summed E-state index contributed by atoms with van der Waals surface area (Å²) < 4.78 is 6.64. The summed E-state index contributed by atoms with van der Waals surface area (Å²) in [5, 5.41) is 3.28. The topological polar surface area (TPSA) is 58.6 Å². The summed E-state index contributed by atoms with van der Waals surface area (Å²) in [5.74, 6) is 0.0384. The lowest BCUT2D eigenvalue weighted by atomic mass is 10.0. The zero-order chi connectivity index (χ0) is 24.5. The van der Waals surface area contributed by atoms with Crippen LogP contribution in [0.5, 0.6) is 5.75 Å². The van der Waals surface area contributed by atoms with Crippen LogP contribution in [-0.4, -0.2) is 36.4 Å². The van der Waals surface area contributed by atoms with Crippen LogP contribution in [0, 0.1) is 0 Å². The van der Waals surface area contributed by atoms with E-state index in [1.165, 1.54) is 0 Å². The standard InChI is InChI=1S/C27H28BrClN2O3/c1-3-19-12-13-25(23(28)15-19)34-18-26(32)31(17-21-10-7-11-22(29)14-21)24(27(33)30-2)16-20-8-5-4-6-9-20/h4-15,24H,3,16-18H2,1-2H3,(H,30,33)/t24-/m0/s1. The molecule has 3 rings (SSSR count). The van der Waals surface area contributed by atoms with Crippen LogP contribution in [0.3, 0.4) is 0 Å². The lowest BCUT2D eigenvalue weighted by Gasteiger charge is -2.31. The first-order valence-corrected chi connectivity index (χ1v) is 12.3. The Morgan fingerprint density at radius 1 is 1.00 bits per heavy atom. The molecule has 0 aromatic heterocycles. The molecule has 0 fully saturated rings. The van der Waals surface area contributed by atoms with Gasteiger partial charge in [0, 0.05) is 25.0 Å². The second-order valence-electron chi connectivity index (χ2n) is 7.88. The lowest BCUT2D eigenvalue weighted by Crippen LogP contribution is -2.51. The number of amides is 2. The summed E-state index contributed by atoms with van der Waals surface area (Å²) in [6.45, 7) is 2.10. The Hall–Kier alpha value is -2.83. The van der Waals surface area contributed by atoms with Crippen molar-refractivity contribution in [2.24, 2.45) is 0 Å². The van der Waals surface area contributed by atoms with Crippen LogP contribution < -0.4 is 10.1 Å². The second kappa shape index (κ2) is 12.6. The molecule has 2 amide bonds. The van der Waals surface area contributed by atoms with Crippen LogP contribution in [0.25, 0.3) is 0 Å². The van der Waals surface area contributed by atoms with Crippen molar-refractivity contribution >= 4 is 39.3 Å². The van der Waals surface area contributed by atoms with Gasteiger partial charge in [-0.2, -0.15) is 0 Å². The maximum atomic E-state index is 13.5. The fourth-order valence-corrected chi connectivity index (χ4v) is 4.41. The highest BCUT2D eigenvalue weighted by Gasteiger charge is 2.30. The van der Waals surface area contributed by atoms with Crippen LogP contribution in [-0.2, 0) is 29.0 Å². The third kappa shape index (κ3) is 7.08. The third-order valence-corrected chi connectivity index (χ3v) is 6.37. The molecule has 0 heterocycles. The average molecular weight is 544 g/mol. The van der Waals surface area contributed by atoms with Crippen LogP contribution in [0.2, 0.25) is 5.02 Å². The maximum Gasteiger partial charge on any atom is 0.261 e. The van der Waals surface area contributed by atoms with E-state index in [1.807, 2.05) is 60.7 Å². The largest absolute Gasteiger partial charge is 0.483 e. The van der Waals surface area contributed by atoms with Gasteiger partial charge in [0.1, 0.15) is 11.8 Å². The SMILES string of the molecule is CCc1ccc(OCC(=O)N(Cc2cccc(Cl)c2)[C@@H](Cc2ccccc2)C(=O)NC)c(Br)c1. The van der Waals surface area contributed by atoms with E-state index in [9.17, 15) is 9.59 Å². The van der Waals surface area contributed by atoms with Gasteiger partial charge >= 0.3 is 0 Å². The van der Waals surface area contributed by atoms with Crippen molar-refractivity contribution in [2.75, 3.05) is 13.7 Å². The molecule has 0 saturated heterocycles. The minimum Gasteiger partial charge on any atom is -0.483 e. The quantitative estimate of drug-likeness (QED) is 0.371. The van der Waals surface area contributed by atoms with E-state index in [1.54, 1.807) is 24.1 Å². The minimum absolute atomic E-state index is 0.201. The molecule has 0 bridgehead atoms. The number of rotatable bonds is 10. The van der Waals surface area contributed by atoms with Crippen LogP contribution >= 0.6 is 27.5 Å². The van der Waals surface area contributed by atoms with Crippen LogP contribution in [0.4, 0.5) is 0 Å². The Kier molecular flexibility index (Phi) is 9.54. The normalized spacial score (nSPS) is 11.5. The summed E-state index contributed by atoms with van der Waals surface area (Å²) in [6.07, 6.45) is 1.28. The van der Waals surface area contributed by atoms with Gasteiger partial charge in [0.25, 0.3) is 5.91 Å². The van der Waals surface area contributed by atoms with Gasteiger partial charge in [0.05, 0.1) is 4.47 Å². The number of nitrogens with zero attached hydrogens (tertiary/aromatic N) is 1. The number of likely N-dealkylation sites (N-methyl/N-ethyl adjacent to an activating group) is 1. The third-order valence-electron chi connectivity index (χ3n) is 5.52. The molecule has 3 aromatic carbocycles. The molecule has 3 aromatic rings. The first-order valence-electron chi connectivity index (χ1n) is 11.1. The van der Waals surface area contributed by atoms with Crippen molar-refractivity contribution in [3.05, 3.63) is 99.0 Å². The Morgan fingerprint density at radius 2 is 1.74 bits per heavy atom. The molecule has 0 aliphatic carbocycles. The Morgan fingerprint density at radius 3 is 2.38 bits per heavy atom. The van der Waals surface area contributed by atoms with Gasteiger partial charge in [-0.25, -0.2) is 0 Å². The van der Waals surface area contributed by atoms with Crippen molar-refractivity contribution in [1.29, 1.82) is 0 Å². The van der Waals surface area contributed by atoms with E-state index < -0.39 is 6.04 Å². The number of carbonyl (C=O) groups excluding carboxylic acids is 2. The van der Waals surface area contributed by atoms with Crippen LogP contribution in [0.1, 0.15) is 23.6 Å². The van der Waals surface area contributed by atoms with E-state index in [0.717, 1.165) is 27.6 Å². The number of benzene rings is 3. The molecule has 5 nitrogen and oxygen atoms in total. The highest BCUT2D eigenvalue weighted by molar-refractivity contribution is 9.10. The molecular weight excluding hydrogens is 516 g/mol. The average Bonchev–Trinajstić information content (AvgIpc) is 2.85. The lowest BCUT2D eigenvalue weighted by molar-refractivity contribution is -0.142. The minimum atomic E-state index is -0.714. The predicted octanol–water partition coefficient (Wildman–Crippen LogP) is 5.43. The molecule has 7 heteroatoms. The summed E-state index contributed by atoms with van der Waals surface area (Å²) in [6, 6.07) is 22.0. The van der Waals surface area contributed by atoms with E-state index >= 15 is 0 Å². The van der Waals surface area contributed by atoms with E-state index in [2.05, 4.69) is 28.2 Å². The Labute approximate surface area is 214 Å². The van der Waals surface area contributed by atoms with E-state index in [0.29, 0.717) is 17.2 Å². The van der Waals surface area contributed by atoms with Crippen molar-refractivity contribution in [1.82, 2.24) is 10.2 Å². The monoisotopic (exact) mass is 542 g/mol. The molecule has 0 saturated carbocycles. The Balaban J connectivity index is 1.87. The van der Waals surface area contributed by atoms with Gasteiger partial charge < -0.3 is 15.0 Å².